The molecule has 3 heteroatoms. The van der Waals surface area contributed by atoms with Gasteiger partial charge in [0, 0.05) is 19.0 Å². The maximum absolute atomic E-state index is 12.6. The first-order valence-corrected chi connectivity index (χ1v) is 8.28. The molecule has 0 bridgehead atoms. The summed E-state index contributed by atoms with van der Waals surface area (Å²) < 4.78 is 0. The first kappa shape index (κ1) is 12.8. The lowest BCUT2D eigenvalue weighted by Crippen LogP contribution is -2.50. The van der Waals surface area contributed by atoms with E-state index in [1.165, 1.54) is 51.4 Å². The molecule has 2 aliphatic carbocycles. The summed E-state index contributed by atoms with van der Waals surface area (Å²) in [4.78, 5) is 14.8. The quantitative estimate of drug-likeness (QED) is 0.778. The van der Waals surface area contributed by atoms with Crippen molar-refractivity contribution in [3.8, 4) is 0 Å². The van der Waals surface area contributed by atoms with Crippen LogP contribution in [-0.4, -0.2) is 29.1 Å². The third-order valence-electron chi connectivity index (χ3n) is 5.38. The zero-order chi connectivity index (χ0) is 12.6. The number of likely N-dealkylation sites (tertiary alicyclic amines) is 1. The molecule has 18 heavy (non-hydrogen) atoms. The molecule has 3 rings (SSSR count). The van der Waals surface area contributed by atoms with E-state index in [1.807, 2.05) is 0 Å². The molecule has 0 aromatic rings. The third-order valence-corrected chi connectivity index (χ3v) is 6.05. The SMILES string of the molecule is O=C(CC1(CS)CC1)N1CCC[C@H]2CCCC[C@H]21. The van der Waals surface area contributed by atoms with Crippen molar-refractivity contribution in [3.63, 3.8) is 0 Å². The number of hydrogen-bond acceptors (Lipinski definition) is 2. The number of carbonyl (C=O) groups excluding carboxylic acids is 1. The zero-order valence-corrected chi connectivity index (χ0v) is 12.1. The summed E-state index contributed by atoms with van der Waals surface area (Å²) >= 11 is 4.42. The smallest absolute Gasteiger partial charge is 0.223 e. The van der Waals surface area contributed by atoms with E-state index in [2.05, 4.69) is 17.5 Å². The van der Waals surface area contributed by atoms with Crippen LogP contribution in [0.5, 0.6) is 0 Å². The van der Waals surface area contributed by atoms with Crippen molar-refractivity contribution < 1.29 is 4.79 Å². The summed E-state index contributed by atoms with van der Waals surface area (Å²) in [5, 5.41) is 0. The number of carbonyl (C=O) groups is 1. The molecule has 2 saturated carbocycles. The van der Waals surface area contributed by atoms with Crippen LogP contribution in [0.2, 0.25) is 0 Å². The van der Waals surface area contributed by atoms with Crippen molar-refractivity contribution >= 4 is 18.5 Å². The summed E-state index contributed by atoms with van der Waals surface area (Å²) in [5.74, 6) is 2.13. The highest BCUT2D eigenvalue weighted by Crippen LogP contribution is 2.50. The minimum Gasteiger partial charge on any atom is -0.339 e. The van der Waals surface area contributed by atoms with E-state index in [-0.39, 0.29) is 5.41 Å². The molecule has 3 aliphatic rings. The first-order chi connectivity index (χ1) is 8.74. The second kappa shape index (κ2) is 5.07. The normalized spacial score (nSPS) is 33.9. The molecule has 0 unspecified atom stereocenters. The van der Waals surface area contributed by atoms with Gasteiger partial charge in [-0.25, -0.2) is 0 Å². The van der Waals surface area contributed by atoms with Gasteiger partial charge in [-0.1, -0.05) is 12.8 Å². The highest BCUT2D eigenvalue weighted by molar-refractivity contribution is 7.80. The Kier molecular flexibility index (Phi) is 3.61. The summed E-state index contributed by atoms with van der Waals surface area (Å²) in [6, 6.07) is 0.579. The molecule has 1 heterocycles. The van der Waals surface area contributed by atoms with Crippen LogP contribution >= 0.6 is 12.6 Å². The van der Waals surface area contributed by atoms with Crippen molar-refractivity contribution in [1.82, 2.24) is 4.90 Å². The van der Waals surface area contributed by atoms with Gasteiger partial charge in [-0.2, -0.15) is 12.6 Å². The van der Waals surface area contributed by atoms with Gasteiger partial charge >= 0.3 is 0 Å². The molecule has 0 spiro atoms. The summed E-state index contributed by atoms with van der Waals surface area (Å²) in [7, 11) is 0. The summed E-state index contributed by atoms with van der Waals surface area (Å²) in [6.45, 7) is 1.02. The highest BCUT2D eigenvalue weighted by Gasteiger charge is 2.45. The average Bonchev–Trinajstić information content (AvgIpc) is 3.18. The third kappa shape index (κ3) is 2.43. The number of piperidine rings is 1. The van der Waals surface area contributed by atoms with Gasteiger partial charge in [-0.05, 0) is 55.6 Å². The molecule has 1 saturated heterocycles. The van der Waals surface area contributed by atoms with Gasteiger partial charge in [-0.15, -0.1) is 0 Å². The van der Waals surface area contributed by atoms with E-state index in [0.717, 1.165) is 24.6 Å². The lowest BCUT2D eigenvalue weighted by molar-refractivity contribution is -0.138. The highest BCUT2D eigenvalue weighted by atomic mass is 32.1. The lowest BCUT2D eigenvalue weighted by Gasteiger charge is -2.44. The van der Waals surface area contributed by atoms with Crippen LogP contribution in [0.1, 0.15) is 57.8 Å². The predicted octanol–water partition coefficient (Wildman–Crippen LogP) is 3.27. The van der Waals surface area contributed by atoms with E-state index in [9.17, 15) is 4.79 Å². The molecule has 2 nitrogen and oxygen atoms in total. The Bertz CT molecular complexity index is 324. The molecule has 1 aliphatic heterocycles. The second-order valence-corrected chi connectivity index (χ2v) is 6.99. The van der Waals surface area contributed by atoms with Crippen LogP contribution in [0.4, 0.5) is 0 Å². The van der Waals surface area contributed by atoms with Crippen LogP contribution in [-0.2, 0) is 4.79 Å². The van der Waals surface area contributed by atoms with E-state index in [0.29, 0.717) is 11.9 Å². The number of hydrogen-bond donors (Lipinski definition) is 1. The zero-order valence-electron chi connectivity index (χ0n) is 11.2. The number of rotatable bonds is 3. The van der Waals surface area contributed by atoms with E-state index >= 15 is 0 Å². The number of thiol groups is 1. The largest absolute Gasteiger partial charge is 0.339 e. The van der Waals surface area contributed by atoms with Crippen molar-refractivity contribution in [2.24, 2.45) is 11.3 Å². The first-order valence-electron chi connectivity index (χ1n) is 7.64. The Hall–Kier alpha value is -0.180. The molecular formula is C15H25NOS. The molecule has 0 N–H and O–H groups in total. The lowest BCUT2D eigenvalue weighted by atomic mass is 9.78. The predicted molar refractivity (Wildman–Crippen MR) is 76.8 cm³/mol. The topological polar surface area (TPSA) is 20.3 Å². The van der Waals surface area contributed by atoms with Gasteiger partial charge < -0.3 is 4.90 Å². The molecule has 0 aromatic carbocycles. The van der Waals surface area contributed by atoms with E-state index < -0.39 is 0 Å². The van der Waals surface area contributed by atoms with Gasteiger partial charge in [0.2, 0.25) is 5.91 Å². The fourth-order valence-corrected chi connectivity index (χ4v) is 4.35. The second-order valence-electron chi connectivity index (χ2n) is 6.68. The van der Waals surface area contributed by atoms with Crippen LogP contribution in [0.3, 0.4) is 0 Å². The number of nitrogens with zero attached hydrogens (tertiary/aromatic N) is 1. The molecule has 2 atom stereocenters. The Balaban J connectivity index is 1.64. The van der Waals surface area contributed by atoms with Crippen LogP contribution in [0.25, 0.3) is 0 Å². The molecular weight excluding hydrogens is 242 g/mol. The minimum absolute atomic E-state index is 0.280. The fraction of sp³-hybridized carbons (Fsp3) is 0.933. The monoisotopic (exact) mass is 267 g/mol. The van der Waals surface area contributed by atoms with Crippen molar-refractivity contribution in [1.29, 1.82) is 0 Å². The van der Waals surface area contributed by atoms with Crippen molar-refractivity contribution in [3.05, 3.63) is 0 Å². The van der Waals surface area contributed by atoms with Gasteiger partial charge in [0.25, 0.3) is 0 Å². The Morgan fingerprint density at radius 3 is 2.61 bits per heavy atom. The fourth-order valence-electron chi connectivity index (χ4n) is 3.92. The standard InChI is InChI=1S/C15H25NOS/c17-14(10-15(11-18)7-8-15)16-9-3-5-12-4-1-2-6-13(12)16/h12-13,18H,1-11H2/t12-,13-/m1/s1. The molecule has 1 amide bonds. The molecule has 3 fully saturated rings. The van der Waals surface area contributed by atoms with Gasteiger partial charge in [0.1, 0.15) is 0 Å². The average molecular weight is 267 g/mol. The Labute approximate surface area is 116 Å². The van der Waals surface area contributed by atoms with Crippen molar-refractivity contribution in [2.45, 2.75) is 63.8 Å². The molecule has 0 radical (unpaired) electrons. The molecule has 0 aromatic heterocycles. The van der Waals surface area contributed by atoms with Crippen LogP contribution < -0.4 is 0 Å². The van der Waals surface area contributed by atoms with E-state index in [1.54, 1.807) is 0 Å². The molecule has 102 valence electrons. The van der Waals surface area contributed by atoms with Crippen LogP contribution in [0, 0.1) is 11.3 Å². The van der Waals surface area contributed by atoms with Crippen molar-refractivity contribution in [2.75, 3.05) is 12.3 Å². The number of amides is 1. The van der Waals surface area contributed by atoms with E-state index in [4.69, 9.17) is 0 Å². The van der Waals surface area contributed by atoms with Gasteiger partial charge in [0.15, 0.2) is 0 Å². The summed E-state index contributed by atoms with van der Waals surface area (Å²) in [6.07, 6.45) is 11.1. The van der Waals surface area contributed by atoms with Gasteiger partial charge in [0.05, 0.1) is 0 Å². The van der Waals surface area contributed by atoms with Gasteiger partial charge in [-0.3, -0.25) is 4.79 Å². The minimum atomic E-state index is 0.280. The summed E-state index contributed by atoms with van der Waals surface area (Å²) in [5.41, 5.74) is 0.280. The van der Waals surface area contributed by atoms with Crippen LogP contribution in [0.15, 0.2) is 0 Å². The maximum atomic E-state index is 12.6. The maximum Gasteiger partial charge on any atom is 0.223 e. The Morgan fingerprint density at radius 2 is 1.89 bits per heavy atom. The Morgan fingerprint density at radius 1 is 1.17 bits per heavy atom. The number of fused-ring (bicyclic) bond motifs is 1.